The van der Waals surface area contributed by atoms with Crippen LogP contribution in [0.25, 0.3) is 10.9 Å². The number of aromatic amines is 1. The third-order valence-corrected chi connectivity index (χ3v) is 4.99. The molecule has 2 aromatic carbocycles. The van der Waals surface area contributed by atoms with Crippen LogP contribution in [0.5, 0.6) is 0 Å². The van der Waals surface area contributed by atoms with Crippen molar-refractivity contribution in [3.05, 3.63) is 75.8 Å². The van der Waals surface area contributed by atoms with E-state index in [1.54, 1.807) is 6.07 Å². The molecule has 1 fully saturated rings. The van der Waals surface area contributed by atoms with Gasteiger partial charge in [0, 0.05) is 31.7 Å². The predicted molar refractivity (Wildman–Crippen MR) is 105 cm³/mol. The number of aryl methyl sites for hydroxylation is 1. The molecule has 1 aliphatic rings. The van der Waals surface area contributed by atoms with E-state index in [9.17, 15) is 9.59 Å². The van der Waals surface area contributed by atoms with Crippen molar-refractivity contribution in [2.45, 2.75) is 13.5 Å². The van der Waals surface area contributed by atoms with Crippen molar-refractivity contribution >= 4 is 16.8 Å². The first-order valence-corrected chi connectivity index (χ1v) is 9.16. The second-order valence-electron chi connectivity index (χ2n) is 6.96. The fraction of sp³-hybridized carbons (Fsp3) is 0.286. The van der Waals surface area contributed by atoms with Crippen molar-refractivity contribution in [1.82, 2.24) is 19.8 Å². The van der Waals surface area contributed by atoms with Crippen LogP contribution in [0.3, 0.4) is 0 Å². The summed E-state index contributed by atoms with van der Waals surface area (Å²) in [6.45, 7) is 5.45. The monoisotopic (exact) mass is 362 g/mol. The Bertz CT molecular complexity index is 1020. The molecule has 0 radical (unpaired) electrons. The molecule has 27 heavy (non-hydrogen) atoms. The number of carbonyl (C=O) groups is 1. The number of rotatable bonds is 3. The van der Waals surface area contributed by atoms with Crippen LogP contribution < -0.4 is 5.56 Å². The molecule has 0 aliphatic carbocycles. The molecule has 2 heterocycles. The van der Waals surface area contributed by atoms with Crippen molar-refractivity contribution in [3.63, 3.8) is 0 Å². The Morgan fingerprint density at radius 1 is 1.04 bits per heavy atom. The second-order valence-corrected chi connectivity index (χ2v) is 6.96. The Morgan fingerprint density at radius 2 is 1.74 bits per heavy atom. The number of hydrogen-bond acceptors (Lipinski definition) is 4. The summed E-state index contributed by atoms with van der Waals surface area (Å²) in [7, 11) is 0. The summed E-state index contributed by atoms with van der Waals surface area (Å²) >= 11 is 0. The van der Waals surface area contributed by atoms with E-state index in [2.05, 4.69) is 14.9 Å². The van der Waals surface area contributed by atoms with Gasteiger partial charge in [-0.05, 0) is 31.2 Å². The highest BCUT2D eigenvalue weighted by Crippen LogP contribution is 2.12. The molecular formula is C21H22N4O2. The average molecular weight is 362 g/mol. The maximum absolute atomic E-state index is 12.6. The summed E-state index contributed by atoms with van der Waals surface area (Å²) in [6, 6.07) is 15.0. The molecule has 0 unspecified atom stereocenters. The lowest BCUT2D eigenvalue weighted by molar-refractivity contribution is 0.0625. The molecular weight excluding hydrogens is 340 g/mol. The maximum Gasteiger partial charge on any atom is 0.258 e. The number of aromatic nitrogens is 2. The molecule has 0 bridgehead atoms. The smallest absolute Gasteiger partial charge is 0.258 e. The van der Waals surface area contributed by atoms with E-state index in [0.717, 1.165) is 24.2 Å². The first kappa shape index (κ1) is 17.4. The molecule has 1 saturated heterocycles. The highest BCUT2D eigenvalue weighted by molar-refractivity contribution is 5.94. The number of nitrogens with zero attached hydrogens (tertiary/aromatic N) is 3. The van der Waals surface area contributed by atoms with E-state index >= 15 is 0 Å². The maximum atomic E-state index is 12.6. The van der Waals surface area contributed by atoms with Crippen molar-refractivity contribution in [1.29, 1.82) is 0 Å². The topological polar surface area (TPSA) is 69.3 Å². The highest BCUT2D eigenvalue weighted by Gasteiger charge is 2.22. The molecule has 1 N–H and O–H groups in total. The molecule has 1 aromatic heterocycles. The van der Waals surface area contributed by atoms with Gasteiger partial charge >= 0.3 is 0 Å². The zero-order chi connectivity index (χ0) is 18.8. The van der Waals surface area contributed by atoms with Crippen molar-refractivity contribution < 1.29 is 4.79 Å². The average Bonchev–Trinajstić information content (AvgIpc) is 2.69. The predicted octanol–water partition coefficient (Wildman–Crippen LogP) is 2.19. The number of carbonyl (C=O) groups excluding carboxylic acids is 1. The van der Waals surface area contributed by atoms with Gasteiger partial charge in [-0.1, -0.05) is 29.8 Å². The van der Waals surface area contributed by atoms with Gasteiger partial charge in [0.2, 0.25) is 0 Å². The van der Waals surface area contributed by atoms with Gasteiger partial charge in [-0.2, -0.15) is 0 Å². The van der Waals surface area contributed by atoms with E-state index < -0.39 is 0 Å². The van der Waals surface area contributed by atoms with Crippen LogP contribution in [0.1, 0.15) is 21.7 Å². The minimum absolute atomic E-state index is 0.0758. The fourth-order valence-electron chi connectivity index (χ4n) is 3.41. The zero-order valence-electron chi connectivity index (χ0n) is 15.3. The third-order valence-electron chi connectivity index (χ3n) is 4.99. The summed E-state index contributed by atoms with van der Waals surface area (Å²) in [6.07, 6.45) is 0. The van der Waals surface area contributed by atoms with Gasteiger partial charge in [-0.3, -0.25) is 14.5 Å². The van der Waals surface area contributed by atoms with E-state index in [4.69, 9.17) is 0 Å². The standard InChI is InChI=1S/C21H22N4O2/c1-15-6-8-16(9-7-15)21(27)25-12-10-24(11-13-25)14-19-22-18-5-3-2-4-17(18)20(26)23-19/h2-9H,10-14H2,1H3,(H,22,23,26). The number of piperazine rings is 1. The second kappa shape index (κ2) is 7.32. The van der Waals surface area contributed by atoms with Gasteiger partial charge in [0.15, 0.2) is 0 Å². The van der Waals surface area contributed by atoms with E-state index in [1.807, 2.05) is 54.3 Å². The molecule has 6 nitrogen and oxygen atoms in total. The van der Waals surface area contributed by atoms with Gasteiger partial charge in [0.1, 0.15) is 5.82 Å². The van der Waals surface area contributed by atoms with Crippen LogP contribution >= 0.6 is 0 Å². The fourth-order valence-corrected chi connectivity index (χ4v) is 3.41. The van der Waals surface area contributed by atoms with Gasteiger partial charge in [-0.25, -0.2) is 4.98 Å². The molecule has 0 atom stereocenters. The van der Waals surface area contributed by atoms with Gasteiger partial charge in [0.05, 0.1) is 17.4 Å². The Morgan fingerprint density at radius 3 is 2.48 bits per heavy atom. The lowest BCUT2D eigenvalue weighted by Gasteiger charge is -2.34. The third kappa shape index (κ3) is 3.75. The van der Waals surface area contributed by atoms with Crippen LogP contribution in [0.2, 0.25) is 0 Å². The number of benzene rings is 2. The molecule has 0 spiro atoms. The summed E-state index contributed by atoms with van der Waals surface area (Å²) in [4.78, 5) is 36.3. The Kier molecular flexibility index (Phi) is 4.73. The Labute approximate surface area is 157 Å². The molecule has 1 amide bonds. The Hall–Kier alpha value is -2.99. The van der Waals surface area contributed by atoms with Crippen molar-refractivity contribution in [2.24, 2.45) is 0 Å². The number of nitrogens with one attached hydrogen (secondary N) is 1. The minimum Gasteiger partial charge on any atom is -0.336 e. The summed E-state index contributed by atoms with van der Waals surface area (Å²) in [5.41, 5.74) is 2.48. The van der Waals surface area contributed by atoms with E-state index in [0.29, 0.717) is 36.4 Å². The lowest BCUT2D eigenvalue weighted by atomic mass is 10.1. The quantitative estimate of drug-likeness (QED) is 0.775. The molecule has 1 aliphatic heterocycles. The molecule has 0 saturated carbocycles. The SMILES string of the molecule is Cc1ccc(C(=O)N2CCN(Cc3nc4ccccc4c(=O)[nH]3)CC2)cc1. The van der Waals surface area contributed by atoms with Gasteiger partial charge in [-0.15, -0.1) is 0 Å². The molecule has 4 rings (SSSR count). The first-order chi connectivity index (χ1) is 13.1. The van der Waals surface area contributed by atoms with E-state index in [1.165, 1.54) is 0 Å². The minimum atomic E-state index is -0.108. The Balaban J connectivity index is 1.40. The van der Waals surface area contributed by atoms with Crippen LogP contribution in [-0.2, 0) is 6.54 Å². The summed E-state index contributed by atoms with van der Waals surface area (Å²) < 4.78 is 0. The molecule has 138 valence electrons. The van der Waals surface area contributed by atoms with Gasteiger partial charge < -0.3 is 9.88 Å². The summed E-state index contributed by atoms with van der Waals surface area (Å²) in [5, 5.41) is 0.606. The number of fused-ring (bicyclic) bond motifs is 1. The zero-order valence-corrected chi connectivity index (χ0v) is 15.3. The van der Waals surface area contributed by atoms with E-state index in [-0.39, 0.29) is 11.5 Å². The number of amides is 1. The number of H-pyrrole nitrogens is 1. The largest absolute Gasteiger partial charge is 0.336 e. The van der Waals surface area contributed by atoms with Crippen LogP contribution in [0.4, 0.5) is 0 Å². The lowest BCUT2D eigenvalue weighted by Crippen LogP contribution is -2.48. The normalized spacial score (nSPS) is 15.2. The van der Waals surface area contributed by atoms with Crippen LogP contribution in [0, 0.1) is 6.92 Å². The van der Waals surface area contributed by atoms with Crippen LogP contribution in [0.15, 0.2) is 53.3 Å². The van der Waals surface area contributed by atoms with Crippen molar-refractivity contribution in [3.8, 4) is 0 Å². The first-order valence-electron chi connectivity index (χ1n) is 9.16. The van der Waals surface area contributed by atoms with Crippen LogP contribution in [-0.4, -0.2) is 51.9 Å². The molecule has 3 aromatic rings. The number of hydrogen-bond donors (Lipinski definition) is 1. The van der Waals surface area contributed by atoms with Gasteiger partial charge in [0.25, 0.3) is 11.5 Å². The molecule has 6 heteroatoms. The van der Waals surface area contributed by atoms with Crippen molar-refractivity contribution in [2.75, 3.05) is 26.2 Å². The number of para-hydroxylation sites is 1. The summed E-state index contributed by atoms with van der Waals surface area (Å²) in [5.74, 6) is 0.740. The highest BCUT2D eigenvalue weighted by atomic mass is 16.2.